The lowest BCUT2D eigenvalue weighted by atomic mass is 9.52. The van der Waals surface area contributed by atoms with Gasteiger partial charge in [-0.3, -0.25) is 0 Å². The van der Waals surface area contributed by atoms with Gasteiger partial charge in [-0.1, -0.05) is 25.9 Å². The summed E-state index contributed by atoms with van der Waals surface area (Å²) in [5, 5.41) is 4.04. The second-order valence-electron chi connectivity index (χ2n) is 9.13. The number of hydrogen-bond donors (Lipinski definition) is 0. The monoisotopic (exact) mass is 334 g/mol. The number of likely N-dealkylation sites (tertiary alicyclic amines) is 1. The van der Waals surface area contributed by atoms with Crippen LogP contribution in [0, 0.1) is 11.3 Å². The van der Waals surface area contributed by atoms with Crippen LogP contribution in [0.3, 0.4) is 0 Å². The highest BCUT2D eigenvalue weighted by Crippen LogP contribution is 2.56. The Bertz CT molecular complexity index is 629. The number of rotatable bonds is 0. The van der Waals surface area contributed by atoms with E-state index >= 15 is 0 Å². The van der Waals surface area contributed by atoms with Gasteiger partial charge in [0.2, 0.25) is 0 Å². The molecule has 134 valence electrons. The molecule has 2 atom stereocenters. The average molecular weight is 334 g/mol. The maximum Gasteiger partial charge on any atom is 0.410 e. The van der Waals surface area contributed by atoms with E-state index in [1.807, 2.05) is 31.9 Å². The summed E-state index contributed by atoms with van der Waals surface area (Å²) in [4.78, 5) is 14.4. The Hall–Kier alpha value is -1.52. The lowest BCUT2D eigenvalue weighted by Gasteiger charge is -2.50. The Morgan fingerprint density at radius 2 is 2.04 bits per heavy atom. The molecule has 24 heavy (non-hydrogen) atoms. The van der Waals surface area contributed by atoms with Gasteiger partial charge in [-0.25, -0.2) is 4.79 Å². The van der Waals surface area contributed by atoms with Gasteiger partial charge in [-0.2, -0.15) is 0 Å². The molecular formula is C19H30N2O3. The number of aromatic nitrogens is 1. The van der Waals surface area contributed by atoms with E-state index in [0.29, 0.717) is 5.92 Å². The van der Waals surface area contributed by atoms with Crippen molar-refractivity contribution in [1.82, 2.24) is 10.1 Å². The molecule has 5 nitrogen and oxygen atoms in total. The zero-order valence-corrected chi connectivity index (χ0v) is 15.8. The van der Waals surface area contributed by atoms with Crippen LogP contribution >= 0.6 is 0 Å². The van der Waals surface area contributed by atoms with E-state index in [0.717, 1.165) is 38.1 Å². The average Bonchev–Trinajstić information content (AvgIpc) is 2.84. The van der Waals surface area contributed by atoms with Crippen LogP contribution in [0.1, 0.15) is 65.7 Å². The number of ether oxygens (including phenoxy) is 1. The Balaban J connectivity index is 1.83. The first kappa shape index (κ1) is 17.3. The van der Waals surface area contributed by atoms with Crippen molar-refractivity contribution >= 4 is 6.09 Å². The summed E-state index contributed by atoms with van der Waals surface area (Å²) in [6.07, 6.45) is 4.60. The minimum Gasteiger partial charge on any atom is -0.444 e. The smallest absolute Gasteiger partial charge is 0.410 e. The molecule has 0 radical (unpaired) electrons. The van der Waals surface area contributed by atoms with Crippen molar-refractivity contribution in [2.75, 3.05) is 13.1 Å². The van der Waals surface area contributed by atoms with Crippen molar-refractivity contribution in [2.45, 2.75) is 71.8 Å². The first-order valence-electron chi connectivity index (χ1n) is 8.96. The van der Waals surface area contributed by atoms with E-state index in [9.17, 15) is 4.79 Å². The van der Waals surface area contributed by atoms with Crippen LogP contribution in [-0.2, 0) is 16.6 Å². The molecule has 1 aliphatic carbocycles. The molecule has 1 aromatic heterocycles. The van der Waals surface area contributed by atoms with Gasteiger partial charge in [-0.15, -0.1) is 0 Å². The van der Waals surface area contributed by atoms with Gasteiger partial charge in [0.15, 0.2) is 0 Å². The summed E-state index contributed by atoms with van der Waals surface area (Å²) in [5.74, 6) is 1.54. The topological polar surface area (TPSA) is 55.6 Å². The molecule has 0 saturated carbocycles. The van der Waals surface area contributed by atoms with Gasteiger partial charge >= 0.3 is 6.09 Å². The Kier molecular flexibility index (Phi) is 3.97. The van der Waals surface area contributed by atoms with Gasteiger partial charge in [0.05, 0.1) is 6.20 Å². The quantitative estimate of drug-likeness (QED) is 0.715. The number of fused-ring (bicyclic) bond motifs is 2. The van der Waals surface area contributed by atoms with Crippen molar-refractivity contribution in [3.8, 4) is 0 Å². The molecule has 3 rings (SSSR count). The highest BCUT2D eigenvalue weighted by atomic mass is 16.6. The fourth-order valence-electron chi connectivity index (χ4n) is 4.42. The van der Waals surface area contributed by atoms with Crippen LogP contribution in [0.25, 0.3) is 0 Å². The largest absolute Gasteiger partial charge is 0.444 e. The van der Waals surface area contributed by atoms with E-state index in [4.69, 9.17) is 9.26 Å². The highest BCUT2D eigenvalue weighted by Gasteiger charge is 2.54. The molecule has 2 aliphatic rings. The van der Waals surface area contributed by atoms with Crippen LogP contribution in [0.4, 0.5) is 4.79 Å². The normalized spacial score (nSPS) is 29.4. The summed E-state index contributed by atoms with van der Waals surface area (Å²) in [7, 11) is 0. The lowest BCUT2D eigenvalue weighted by molar-refractivity contribution is 0.0226. The van der Waals surface area contributed by atoms with E-state index < -0.39 is 5.60 Å². The van der Waals surface area contributed by atoms with Gasteiger partial charge < -0.3 is 14.2 Å². The second-order valence-corrected chi connectivity index (χ2v) is 9.13. The molecule has 2 unspecified atom stereocenters. The fourth-order valence-corrected chi connectivity index (χ4v) is 4.42. The Morgan fingerprint density at radius 3 is 2.71 bits per heavy atom. The van der Waals surface area contributed by atoms with E-state index in [1.165, 1.54) is 5.56 Å². The predicted molar refractivity (Wildman–Crippen MR) is 91.9 cm³/mol. The molecule has 0 N–H and O–H groups in total. The van der Waals surface area contributed by atoms with Gasteiger partial charge in [0, 0.05) is 24.1 Å². The number of hydrogen-bond acceptors (Lipinski definition) is 4. The minimum absolute atomic E-state index is 0.0797. The molecule has 0 bridgehead atoms. The summed E-state index contributed by atoms with van der Waals surface area (Å²) >= 11 is 0. The Morgan fingerprint density at radius 1 is 1.33 bits per heavy atom. The Labute approximate surface area is 144 Å². The van der Waals surface area contributed by atoms with Crippen molar-refractivity contribution in [1.29, 1.82) is 0 Å². The van der Waals surface area contributed by atoms with Gasteiger partial charge in [0.1, 0.15) is 11.4 Å². The van der Waals surface area contributed by atoms with Crippen LogP contribution < -0.4 is 0 Å². The van der Waals surface area contributed by atoms with E-state index in [-0.39, 0.29) is 16.9 Å². The molecule has 1 saturated heterocycles. The minimum atomic E-state index is -0.452. The molecule has 1 aliphatic heterocycles. The lowest BCUT2D eigenvalue weighted by Crippen LogP contribution is -2.49. The van der Waals surface area contributed by atoms with Crippen LogP contribution in [0.15, 0.2) is 10.7 Å². The molecular weight excluding hydrogens is 304 g/mol. The predicted octanol–water partition coefficient (Wildman–Crippen LogP) is 4.16. The van der Waals surface area contributed by atoms with Crippen molar-refractivity contribution in [3.63, 3.8) is 0 Å². The van der Waals surface area contributed by atoms with Crippen LogP contribution in [0.2, 0.25) is 0 Å². The fraction of sp³-hybridized carbons (Fsp3) is 0.789. The van der Waals surface area contributed by atoms with E-state index in [2.05, 4.69) is 25.9 Å². The van der Waals surface area contributed by atoms with Crippen molar-refractivity contribution in [3.05, 3.63) is 17.5 Å². The summed E-state index contributed by atoms with van der Waals surface area (Å²) in [5.41, 5.74) is 0.766. The third kappa shape index (κ3) is 2.72. The molecule has 1 aromatic rings. The maximum absolute atomic E-state index is 12.5. The molecule has 2 heterocycles. The number of carbonyl (C=O) groups excluding carboxylic acids is 1. The molecule has 1 amide bonds. The SMILES string of the molecule is CC(C)(C)OC(=O)N1CCC2Cc3cnoc3C(C)(C)C2(C)CC1. The standard InChI is InChI=1S/C19H30N2O3/c1-17(2,3)23-16(22)21-9-7-14-11-13-12-20-24-15(13)18(4,5)19(14,6)8-10-21/h12,14H,7-11H2,1-6H3. The molecule has 1 fully saturated rings. The number of carbonyl (C=O) groups is 1. The zero-order valence-electron chi connectivity index (χ0n) is 15.8. The third-order valence-electron chi connectivity index (χ3n) is 6.31. The maximum atomic E-state index is 12.5. The molecule has 0 spiro atoms. The second kappa shape index (κ2) is 5.50. The first-order chi connectivity index (χ1) is 11.0. The van der Waals surface area contributed by atoms with Gasteiger partial charge in [0.25, 0.3) is 0 Å². The number of amides is 1. The number of nitrogens with zero attached hydrogens (tertiary/aromatic N) is 2. The van der Waals surface area contributed by atoms with Crippen molar-refractivity contribution in [2.24, 2.45) is 11.3 Å². The first-order valence-corrected chi connectivity index (χ1v) is 8.96. The summed E-state index contributed by atoms with van der Waals surface area (Å²) < 4.78 is 11.2. The van der Waals surface area contributed by atoms with E-state index in [1.54, 1.807) is 0 Å². The van der Waals surface area contributed by atoms with Crippen LogP contribution in [-0.4, -0.2) is 34.8 Å². The highest BCUT2D eigenvalue weighted by molar-refractivity contribution is 5.68. The molecule has 0 aromatic carbocycles. The van der Waals surface area contributed by atoms with Crippen molar-refractivity contribution < 1.29 is 14.1 Å². The summed E-state index contributed by atoms with van der Waals surface area (Å²) in [6.45, 7) is 14.1. The summed E-state index contributed by atoms with van der Waals surface area (Å²) in [6, 6.07) is 0. The van der Waals surface area contributed by atoms with Crippen LogP contribution in [0.5, 0.6) is 0 Å². The zero-order chi connectivity index (χ0) is 17.8. The molecule has 5 heteroatoms. The third-order valence-corrected chi connectivity index (χ3v) is 6.31. The van der Waals surface area contributed by atoms with Gasteiger partial charge in [-0.05, 0) is 51.4 Å².